The number of rotatable bonds is 9. The smallest absolute Gasteiger partial charge is 0.0897 e. The third-order valence-electron chi connectivity index (χ3n) is 3.26. The minimum atomic E-state index is -0.394. The van der Waals surface area contributed by atoms with Crippen LogP contribution in [0.15, 0.2) is 0 Å². The number of hydrogen-bond donors (Lipinski definition) is 2. The Morgan fingerprint density at radius 3 is 2.07 bits per heavy atom. The Kier molecular flexibility index (Phi) is 8.02. The highest BCUT2D eigenvalue weighted by atomic mass is 16.5. The van der Waals surface area contributed by atoms with Crippen molar-refractivity contribution in [2.45, 2.75) is 58.6 Å². The van der Waals surface area contributed by atoms with E-state index in [1.165, 1.54) is 0 Å². The topological polar surface area (TPSA) is 41.5 Å². The van der Waals surface area contributed by atoms with Crippen LogP contribution in [0, 0.1) is 0 Å². The lowest BCUT2D eigenvalue weighted by atomic mass is 9.90. The van der Waals surface area contributed by atoms with E-state index in [4.69, 9.17) is 4.74 Å². The molecule has 92 valence electrons. The second-order valence-corrected chi connectivity index (χ2v) is 4.04. The zero-order chi connectivity index (χ0) is 11.7. The summed E-state index contributed by atoms with van der Waals surface area (Å²) in [5, 5.41) is 13.1. The van der Waals surface area contributed by atoms with Gasteiger partial charge in [0.05, 0.1) is 12.7 Å². The lowest BCUT2D eigenvalue weighted by Crippen LogP contribution is -2.47. The van der Waals surface area contributed by atoms with Gasteiger partial charge in [-0.3, -0.25) is 0 Å². The number of nitrogens with one attached hydrogen (secondary N) is 1. The van der Waals surface area contributed by atoms with Gasteiger partial charge in [-0.1, -0.05) is 20.8 Å². The maximum atomic E-state index is 9.64. The van der Waals surface area contributed by atoms with Gasteiger partial charge in [-0.05, 0) is 26.2 Å². The molecule has 0 aliphatic rings. The number of hydrogen-bond acceptors (Lipinski definition) is 3. The van der Waals surface area contributed by atoms with Crippen LogP contribution in [0.4, 0.5) is 0 Å². The monoisotopic (exact) mass is 217 g/mol. The SMILES string of the molecule is CCOCC(O)CNC(CC)(CC)CC. The predicted molar refractivity (Wildman–Crippen MR) is 64.1 cm³/mol. The maximum Gasteiger partial charge on any atom is 0.0897 e. The first-order valence-corrected chi connectivity index (χ1v) is 6.14. The molecule has 0 aromatic rings. The first-order valence-electron chi connectivity index (χ1n) is 6.14. The number of aliphatic hydroxyl groups excluding tert-OH is 1. The van der Waals surface area contributed by atoms with Crippen molar-refractivity contribution in [2.24, 2.45) is 0 Å². The third kappa shape index (κ3) is 5.50. The van der Waals surface area contributed by atoms with Crippen LogP contribution >= 0.6 is 0 Å². The van der Waals surface area contributed by atoms with Crippen LogP contribution in [0.3, 0.4) is 0 Å². The number of ether oxygens (including phenoxy) is 1. The van der Waals surface area contributed by atoms with Crippen molar-refractivity contribution in [1.29, 1.82) is 0 Å². The fourth-order valence-corrected chi connectivity index (χ4v) is 1.77. The largest absolute Gasteiger partial charge is 0.389 e. The molecule has 0 aliphatic carbocycles. The summed E-state index contributed by atoms with van der Waals surface area (Å²) in [7, 11) is 0. The fourth-order valence-electron chi connectivity index (χ4n) is 1.77. The van der Waals surface area contributed by atoms with Gasteiger partial charge in [0.15, 0.2) is 0 Å². The molecule has 0 rings (SSSR count). The van der Waals surface area contributed by atoms with Gasteiger partial charge in [-0.15, -0.1) is 0 Å². The average Bonchev–Trinajstić information content (AvgIpc) is 2.29. The first kappa shape index (κ1) is 14.9. The molecule has 0 aromatic heterocycles. The highest BCUT2D eigenvalue weighted by Gasteiger charge is 2.23. The molecule has 0 amide bonds. The van der Waals surface area contributed by atoms with E-state index >= 15 is 0 Å². The van der Waals surface area contributed by atoms with Gasteiger partial charge in [0.25, 0.3) is 0 Å². The molecule has 0 heterocycles. The zero-order valence-electron chi connectivity index (χ0n) is 10.7. The van der Waals surface area contributed by atoms with Crippen LogP contribution < -0.4 is 5.32 Å². The standard InChI is InChI=1S/C12H27NO2/c1-5-12(6-2,7-3)13-9-11(14)10-15-8-4/h11,13-14H,5-10H2,1-4H3. The summed E-state index contributed by atoms with van der Waals surface area (Å²) in [5.74, 6) is 0. The molecule has 0 aromatic carbocycles. The Balaban J connectivity index is 3.88. The van der Waals surface area contributed by atoms with Gasteiger partial charge < -0.3 is 15.2 Å². The second kappa shape index (κ2) is 8.08. The van der Waals surface area contributed by atoms with Gasteiger partial charge in [0, 0.05) is 18.7 Å². The summed E-state index contributed by atoms with van der Waals surface area (Å²) in [6.45, 7) is 10.2. The molecule has 2 N–H and O–H groups in total. The molecule has 0 saturated carbocycles. The van der Waals surface area contributed by atoms with Crippen molar-refractivity contribution in [1.82, 2.24) is 5.32 Å². The minimum Gasteiger partial charge on any atom is -0.389 e. The van der Waals surface area contributed by atoms with Crippen LogP contribution in [-0.4, -0.2) is 36.5 Å². The molecule has 0 fully saturated rings. The Morgan fingerprint density at radius 1 is 1.13 bits per heavy atom. The van der Waals surface area contributed by atoms with Crippen molar-refractivity contribution in [2.75, 3.05) is 19.8 Å². The van der Waals surface area contributed by atoms with Crippen LogP contribution in [0.25, 0.3) is 0 Å². The van der Waals surface area contributed by atoms with Crippen molar-refractivity contribution >= 4 is 0 Å². The molecular formula is C12H27NO2. The van der Waals surface area contributed by atoms with E-state index in [1.54, 1.807) is 0 Å². The highest BCUT2D eigenvalue weighted by Crippen LogP contribution is 2.18. The van der Waals surface area contributed by atoms with E-state index in [2.05, 4.69) is 26.1 Å². The number of β-amino-alcohol motifs (C(OH)–C–C–N with tert-alkyl or cyclic N) is 1. The predicted octanol–water partition coefficient (Wildman–Crippen LogP) is 1.94. The second-order valence-electron chi connectivity index (χ2n) is 4.04. The normalized spacial score (nSPS) is 14.2. The van der Waals surface area contributed by atoms with Gasteiger partial charge in [0.2, 0.25) is 0 Å². The van der Waals surface area contributed by atoms with E-state index < -0.39 is 6.10 Å². The van der Waals surface area contributed by atoms with Gasteiger partial charge in [-0.25, -0.2) is 0 Å². The van der Waals surface area contributed by atoms with E-state index in [0.717, 1.165) is 19.3 Å². The van der Waals surface area contributed by atoms with Gasteiger partial charge in [0.1, 0.15) is 0 Å². The zero-order valence-corrected chi connectivity index (χ0v) is 10.7. The summed E-state index contributed by atoms with van der Waals surface area (Å²) in [6.07, 6.45) is 2.90. The summed E-state index contributed by atoms with van der Waals surface area (Å²) in [6, 6.07) is 0. The first-order chi connectivity index (χ1) is 7.14. The minimum absolute atomic E-state index is 0.188. The molecule has 1 atom stereocenters. The summed E-state index contributed by atoms with van der Waals surface area (Å²) in [5.41, 5.74) is 0.188. The lowest BCUT2D eigenvalue weighted by Gasteiger charge is -2.33. The molecule has 3 nitrogen and oxygen atoms in total. The van der Waals surface area contributed by atoms with Crippen molar-refractivity contribution < 1.29 is 9.84 Å². The molecule has 0 spiro atoms. The fraction of sp³-hybridized carbons (Fsp3) is 1.00. The maximum absolute atomic E-state index is 9.64. The Morgan fingerprint density at radius 2 is 1.67 bits per heavy atom. The molecule has 3 heteroatoms. The van der Waals surface area contributed by atoms with Crippen LogP contribution in [0.2, 0.25) is 0 Å². The molecule has 0 saturated heterocycles. The number of aliphatic hydroxyl groups is 1. The third-order valence-corrected chi connectivity index (χ3v) is 3.26. The molecule has 0 radical (unpaired) electrons. The van der Waals surface area contributed by atoms with Gasteiger partial charge >= 0.3 is 0 Å². The summed E-state index contributed by atoms with van der Waals surface area (Å²) < 4.78 is 5.17. The van der Waals surface area contributed by atoms with Crippen molar-refractivity contribution in [3.63, 3.8) is 0 Å². The van der Waals surface area contributed by atoms with E-state index in [-0.39, 0.29) is 5.54 Å². The van der Waals surface area contributed by atoms with E-state index in [9.17, 15) is 5.11 Å². The van der Waals surface area contributed by atoms with Crippen LogP contribution in [0.5, 0.6) is 0 Å². The van der Waals surface area contributed by atoms with Crippen molar-refractivity contribution in [3.05, 3.63) is 0 Å². The molecule has 15 heavy (non-hydrogen) atoms. The quantitative estimate of drug-likeness (QED) is 0.620. The Hall–Kier alpha value is -0.120. The lowest BCUT2D eigenvalue weighted by molar-refractivity contribution is 0.0372. The van der Waals surface area contributed by atoms with Crippen molar-refractivity contribution in [3.8, 4) is 0 Å². The van der Waals surface area contributed by atoms with Gasteiger partial charge in [-0.2, -0.15) is 0 Å². The molecule has 0 bridgehead atoms. The summed E-state index contributed by atoms with van der Waals surface area (Å²) >= 11 is 0. The summed E-state index contributed by atoms with van der Waals surface area (Å²) in [4.78, 5) is 0. The molecule has 0 aliphatic heterocycles. The van der Waals surface area contributed by atoms with Crippen LogP contribution in [0.1, 0.15) is 47.0 Å². The Labute approximate surface area is 94.2 Å². The molecule has 1 unspecified atom stereocenters. The van der Waals surface area contributed by atoms with Crippen LogP contribution in [-0.2, 0) is 4.74 Å². The van der Waals surface area contributed by atoms with E-state index in [1.807, 2.05) is 6.92 Å². The average molecular weight is 217 g/mol. The highest BCUT2D eigenvalue weighted by molar-refractivity contribution is 4.84. The van der Waals surface area contributed by atoms with E-state index in [0.29, 0.717) is 19.8 Å². The Bertz CT molecular complexity index is 138. The molecular weight excluding hydrogens is 190 g/mol.